The molecule has 15 heteroatoms. The van der Waals surface area contributed by atoms with Gasteiger partial charge in [-0.1, -0.05) is 62.4 Å². The summed E-state index contributed by atoms with van der Waals surface area (Å²) < 4.78 is 87.6. The van der Waals surface area contributed by atoms with Crippen LogP contribution in [0.15, 0.2) is 87.9 Å². The van der Waals surface area contributed by atoms with Crippen LogP contribution in [0.1, 0.15) is 48.9 Å². The Labute approximate surface area is 246 Å². The third kappa shape index (κ3) is 8.68. The summed E-state index contributed by atoms with van der Waals surface area (Å²) in [6.45, 7) is 1.93. The number of hydrogen-bond donors (Lipinski definition) is 1. The van der Waals surface area contributed by atoms with Crippen molar-refractivity contribution in [1.82, 2.24) is 0 Å². The Morgan fingerprint density at radius 1 is 0.767 bits per heavy atom. The second-order valence-electron chi connectivity index (χ2n) is 9.34. The molecule has 0 saturated heterocycles. The lowest BCUT2D eigenvalue weighted by molar-refractivity contribution is 0.153. The standard InChI is InChI=1S/C28H31O13PS/c1-3-22-24(40-27(29)38-22)17-35-42(31,36-18-25-23(4-2)39-28(30)41-25)26(43(32,33)34)16-21(15-19-11-7-5-8-12-19)37-20-13-9-6-10-14-20/h5-14,21,26H,3-4,15-18H2,1-2H3,(H,32,33,34). The third-order valence-corrected chi connectivity index (χ3v) is 10.7. The summed E-state index contributed by atoms with van der Waals surface area (Å²) >= 11 is 0. The molecule has 4 aromatic rings. The van der Waals surface area contributed by atoms with E-state index in [4.69, 9.17) is 31.5 Å². The lowest BCUT2D eigenvalue weighted by Crippen LogP contribution is -2.32. The molecule has 4 rings (SSSR count). The minimum absolute atomic E-state index is 0.0865. The molecule has 0 fully saturated rings. The van der Waals surface area contributed by atoms with E-state index in [0.717, 1.165) is 5.56 Å². The van der Waals surface area contributed by atoms with Crippen LogP contribution in [0.2, 0.25) is 0 Å². The molecular formula is C28H31O13PS. The summed E-state index contributed by atoms with van der Waals surface area (Å²) in [7, 11) is -10.1. The quantitative estimate of drug-likeness (QED) is 0.126. The van der Waals surface area contributed by atoms with E-state index in [9.17, 15) is 27.1 Å². The van der Waals surface area contributed by atoms with E-state index in [1.165, 1.54) is 0 Å². The van der Waals surface area contributed by atoms with Gasteiger partial charge < -0.3 is 22.4 Å². The molecule has 0 spiro atoms. The molecular weight excluding hydrogens is 607 g/mol. The zero-order valence-corrected chi connectivity index (χ0v) is 25.1. The van der Waals surface area contributed by atoms with Crippen molar-refractivity contribution in [2.75, 3.05) is 0 Å². The maximum Gasteiger partial charge on any atom is 0.519 e. The van der Waals surface area contributed by atoms with Crippen molar-refractivity contribution in [1.29, 1.82) is 0 Å². The lowest BCUT2D eigenvalue weighted by Gasteiger charge is -2.28. The van der Waals surface area contributed by atoms with E-state index in [-0.39, 0.29) is 42.3 Å². The summed E-state index contributed by atoms with van der Waals surface area (Å²) in [6, 6.07) is 17.5. The lowest BCUT2D eigenvalue weighted by atomic mass is 10.1. The Hall–Kier alpha value is -3.68. The van der Waals surface area contributed by atoms with Crippen LogP contribution in [0.4, 0.5) is 0 Å². The second-order valence-corrected chi connectivity index (χ2v) is 13.5. The summed E-state index contributed by atoms with van der Waals surface area (Å²) in [6.07, 6.45) is -0.919. The molecule has 0 aliphatic heterocycles. The van der Waals surface area contributed by atoms with Crippen LogP contribution in [0, 0.1) is 0 Å². The molecule has 0 amide bonds. The van der Waals surface area contributed by atoms with Gasteiger partial charge >= 0.3 is 19.2 Å². The molecule has 2 atom stereocenters. The highest BCUT2D eigenvalue weighted by Gasteiger charge is 2.47. The first kappa shape index (κ1) is 32.2. The Balaban J connectivity index is 1.71. The Morgan fingerprint density at radius 3 is 1.70 bits per heavy atom. The Morgan fingerprint density at radius 2 is 1.23 bits per heavy atom. The monoisotopic (exact) mass is 638 g/mol. The maximum absolute atomic E-state index is 14.4. The molecule has 0 saturated carbocycles. The molecule has 0 radical (unpaired) electrons. The fourth-order valence-corrected chi connectivity index (χ4v) is 7.93. The van der Waals surface area contributed by atoms with Gasteiger partial charge in [0.05, 0.1) is 0 Å². The van der Waals surface area contributed by atoms with E-state index in [2.05, 4.69) is 0 Å². The first-order chi connectivity index (χ1) is 20.5. The Bertz CT molecular complexity index is 1630. The van der Waals surface area contributed by atoms with E-state index in [1.807, 2.05) is 6.07 Å². The van der Waals surface area contributed by atoms with Gasteiger partial charge in [-0.15, -0.1) is 0 Å². The Kier molecular flexibility index (Phi) is 10.6. The number of aryl methyl sites for hydroxylation is 2. The molecule has 0 aliphatic rings. The zero-order chi connectivity index (χ0) is 31.0. The van der Waals surface area contributed by atoms with Crippen LogP contribution in [0.25, 0.3) is 0 Å². The smallest absolute Gasteiger partial charge is 0.490 e. The van der Waals surface area contributed by atoms with Gasteiger partial charge in [-0.3, -0.25) is 18.2 Å². The average molecular weight is 639 g/mol. The summed E-state index contributed by atoms with van der Waals surface area (Å²) in [5, 5.41) is 0. The van der Waals surface area contributed by atoms with Gasteiger partial charge in [-0.05, 0) is 17.7 Å². The highest BCUT2D eigenvalue weighted by Crippen LogP contribution is 2.58. The van der Waals surface area contributed by atoms with Gasteiger partial charge in [-0.25, -0.2) is 9.59 Å². The maximum atomic E-state index is 14.4. The van der Waals surface area contributed by atoms with E-state index < -0.39 is 60.1 Å². The molecule has 0 aliphatic carbocycles. The molecule has 232 valence electrons. The highest BCUT2D eigenvalue weighted by molar-refractivity contribution is 7.94. The van der Waals surface area contributed by atoms with Gasteiger partial charge in [0.25, 0.3) is 10.1 Å². The van der Waals surface area contributed by atoms with E-state index in [0.29, 0.717) is 5.75 Å². The molecule has 2 heterocycles. The second kappa shape index (κ2) is 14.2. The predicted octanol–water partition coefficient (Wildman–Crippen LogP) is 5.12. The highest BCUT2D eigenvalue weighted by atomic mass is 32.2. The fourth-order valence-electron chi connectivity index (χ4n) is 4.31. The predicted molar refractivity (Wildman–Crippen MR) is 151 cm³/mol. The van der Waals surface area contributed by atoms with Crippen LogP contribution >= 0.6 is 7.60 Å². The number of hydrogen-bond acceptors (Lipinski definition) is 12. The van der Waals surface area contributed by atoms with Crippen LogP contribution in [0.3, 0.4) is 0 Å². The van der Waals surface area contributed by atoms with Crippen LogP contribution < -0.4 is 16.4 Å². The first-order valence-corrected chi connectivity index (χ1v) is 16.5. The van der Waals surface area contributed by atoms with Crippen molar-refractivity contribution >= 4 is 17.7 Å². The first-order valence-electron chi connectivity index (χ1n) is 13.3. The third-order valence-electron chi connectivity index (χ3n) is 6.35. The SMILES string of the molecule is CCc1oc(=O)oc1COP(=O)(OCc1oc(=O)oc1CC)C(CC(Cc1ccccc1)Oc1ccccc1)S(=O)(=O)O. The van der Waals surface area contributed by atoms with Crippen LogP contribution in [-0.4, -0.2) is 24.1 Å². The van der Waals surface area contributed by atoms with Crippen molar-refractivity contribution in [2.45, 2.75) is 63.8 Å². The topological polar surface area (TPSA) is 186 Å². The molecule has 1 N–H and O–H groups in total. The van der Waals surface area contributed by atoms with Crippen molar-refractivity contribution < 1.29 is 49.0 Å². The minimum atomic E-state index is -5.16. The average Bonchev–Trinajstić information content (AvgIpc) is 3.54. The van der Waals surface area contributed by atoms with Gasteiger partial charge in [0, 0.05) is 25.7 Å². The molecule has 2 aromatic heterocycles. The van der Waals surface area contributed by atoms with Crippen molar-refractivity contribution in [3.8, 4) is 5.75 Å². The largest absolute Gasteiger partial charge is 0.519 e. The van der Waals surface area contributed by atoms with E-state index in [1.54, 1.807) is 68.4 Å². The number of para-hydroxylation sites is 1. The van der Waals surface area contributed by atoms with Gasteiger partial charge in [-0.2, -0.15) is 8.42 Å². The molecule has 43 heavy (non-hydrogen) atoms. The fraction of sp³-hybridized carbons (Fsp3) is 0.357. The zero-order valence-electron chi connectivity index (χ0n) is 23.4. The summed E-state index contributed by atoms with van der Waals surface area (Å²) in [4.78, 5) is 21.2. The summed E-state index contributed by atoms with van der Waals surface area (Å²) in [5.41, 5.74) is 0.773. The molecule has 2 unspecified atom stereocenters. The van der Waals surface area contributed by atoms with Gasteiger partial charge in [0.15, 0.2) is 28.0 Å². The van der Waals surface area contributed by atoms with Gasteiger partial charge in [0.1, 0.15) is 25.1 Å². The molecule has 0 bridgehead atoms. The van der Waals surface area contributed by atoms with Crippen LogP contribution in [0.5, 0.6) is 5.75 Å². The number of ether oxygens (including phenoxy) is 1. The molecule has 2 aromatic carbocycles. The number of rotatable bonds is 16. The van der Waals surface area contributed by atoms with Crippen molar-refractivity contribution in [3.63, 3.8) is 0 Å². The minimum Gasteiger partial charge on any atom is -0.490 e. The van der Waals surface area contributed by atoms with Gasteiger partial charge in [0.2, 0.25) is 0 Å². The number of benzene rings is 2. The van der Waals surface area contributed by atoms with Crippen molar-refractivity contribution in [2.24, 2.45) is 0 Å². The normalized spacial score (nSPS) is 13.6. The molecule has 13 nitrogen and oxygen atoms in total. The van der Waals surface area contributed by atoms with E-state index >= 15 is 0 Å². The van der Waals surface area contributed by atoms with Crippen molar-refractivity contribution in [3.05, 3.63) is 111 Å². The van der Waals surface area contributed by atoms with Crippen LogP contribution in [-0.2, 0) is 56.2 Å². The summed E-state index contributed by atoms with van der Waals surface area (Å²) in [5.74, 6) is -1.79.